The number of amides is 1. The standard InChI is InChI=1S/C15H27NO6/c1-14(2,3)22-13(18)16(6)11(7-17)8-19-9-12-10-20-15(4,5)21-12/h10-11,17H,7-9H2,1-6H3. The molecule has 0 saturated carbocycles. The number of carbonyl (C=O) groups excluding carboxylic acids is 1. The molecule has 0 aromatic carbocycles. The van der Waals surface area contributed by atoms with Gasteiger partial charge in [0.2, 0.25) is 5.79 Å². The zero-order chi connectivity index (χ0) is 17.0. The van der Waals surface area contributed by atoms with E-state index in [0.29, 0.717) is 5.76 Å². The van der Waals surface area contributed by atoms with Crippen molar-refractivity contribution >= 4 is 6.09 Å². The smallest absolute Gasteiger partial charge is 0.410 e. The highest BCUT2D eigenvalue weighted by Gasteiger charge is 2.28. The van der Waals surface area contributed by atoms with Gasteiger partial charge < -0.3 is 29.0 Å². The molecule has 1 unspecified atom stereocenters. The van der Waals surface area contributed by atoms with E-state index >= 15 is 0 Å². The van der Waals surface area contributed by atoms with Crippen molar-refractivity contribution in [3.8, 4) is 0 Å². The number of hydrogen-bond donors (Lipinski definition) is 1. The highest BCUT2D eigenvalue weighted by Crippen LogP contribution is 2.24. The molecule has 0 bridgehead atoms. The van der Waals surface area contributed by atoms with E-state index < -0.39 is 23.5 Å². The molecule has 1 aliphatic rings. The average molecular weight is 317 g/mol. The van der Waals surface area contributed by atoms with Crippen molar-refractivity contribution < 1.29 is 28.8 Å². The third kappa shape index (κ3) is 6.11. The molecule has 0 aromatic heterocycles. The van der Waals surface area contributed by atoms with E-state index in [2.05, 4.69) is 0 Å². The number of carbonyl (C=O) groups is 1. The normalized spacial score (nSPS) is 18.0. The molecule has 7 nitrogen and oxygen atoms in total. The number of aliphatic hydroxyl groups excluding tert-OH is 1. The Labute approximate surface area is 131 Å². The van der Waals surface area contributed by atoms with Crippen LogP contribution in [0.2, 0.25) is 0 Å². The second kappa shape index (κ2) is 7.19. The van der Waals surface area contributed by atoms with Crippen LogP contribution in [-0.2, 0) is 18.9 Å². The first kappa shape index (κ1) is 18.6. The summed E-state index contributed by atoms with van der Waals surface area (Å²) in [6.45, 7) is 9.10. The Kier molecular flexibility index (Phi) is 6.08. The van der Waals surface area contributed by atoms with Crippen LogP contribution in [0.4, 0.5) is 4.79 Å². The molecule has 1 aliphatic heterocycles. The molecule has 0 radical (unpaired) electrons. The second-order valence-corrected chi connectivity index (χ2v) is 6.65. The second-order valence-electron chi connectivity index (χ2n) is 6.65. The molecule has 22 heavy (non-hydrogen) atoms. The molecule has 1 rings (SSSR count). The number of rotatable bonds is 6. The highest BCUT2D eigenvalue weighted by molar-refractivity contribution is 5.68. The van der Waals surface area contributed by atoms with Gasteiger partial charge in [-0.05, 0) is 20.8 Å². The summed E-state index contributed by atoms with van der Waals surface area (Å²) in [6, 6.07) is -0.495. The molecule has 1 N–H and O–H groups in total. The van der Waals surface area contributed by atoms with Crippen LogP contribution >= 0.6 is 0 Å². The summed E-state index contributed by atoms with van der Waals surface area (Å²) in [5.41, 5.74) is -0.586. The van der Waals surface area contributed by atoms with Gasteiger partial charge in [-0.2, -0.15) is 0 Å². The van der Waals surface area contributed by atoms with E-state index in [4.69, 9.17) is 18.9 Å². The van der Waals surface area contributed by atoms with Crippen LogP contribution in [0.1, 0.15) is 34.6 Å². The van der Waals surface area contributed by atoms with Gasteiger partial charge in [-0.25, -0.2) is 4.79 Å². The van der Waals surface area contributed by atoms with Crippen LogP contribution < -0.4 is 0 Å². The highest BCUT2D eigenvalue weighted by atomic mass is 16.7. The minimum atomic E-state index is -0.678. The zero-order valence-electron chi connectivity index (χ0n) is 14.2. The number of ether oxygens (including phenoxy) is 4. The van der Waals surface area contributed by atoms with Crippen LogP contribution in [0.15, 0.2) is 12.0 Å². The minimum absolute atomic E-state index is 0.160. The molecular weight excluding hydrogens is 290 g/mol. The lowest BCUT2D eigenvalue weighted by molar-refractivity contribution is -0.122. The molecular formula is C15H27NO6. The Morgan fingerprint density at radius 2 is 2.09 bits per heavy atom. The van der Waals surface area contributed by atoms with Gasteiger partial charge in [-0.15, -0.1) is 0 Å². The molecule has 1 amide bonds. The molecule has 0 saturated heterocycles. The van der Waals surface area contributed by atoms with Crippen LogP contribution in [0, 0.1) is 0 Å². The van der Waals surface area contributed by atoms with Crippen molar-refractivity contribution in [3.63, 3.8) is 0 Å². The number of likely N-dealkylation sites (N-methyl/N-ethyl adjacent to an activating group) is 1. The van der Waals surface area contributed by atoms with E-state index in [1.807, 2.05) is 0 Å². The van der Waals surface area contributed by atoms with Gasteiger partial charge in [0, 0.05) is 20.9 Å². The maximum Gasteiger partial charge on any atom is 0.410 e. The van der Waals surface area contributed by atoms with Crippen molar-refractivity contribution in [3.05, 3.63) is 12.0 Å². The largest absolute Gasteiger partial charge is 0.457 e. The molecule has 0 aromatic rings. The summed E-state index contributed by atoms with van der Waals surface area (Å²) in [5, 5.41) is 9.42. The van der Waals surface area contributed by atoms with Crippen LogP contribution in [0.5, 0.6) is 0 Å². The molecule has 1 heterocycles. The van der Waals surface area contributed by atoms with Gasteiger partial charge in [0.25, 0.3) is 0 Å². The van der Waals surface area contributed by atoms with Crippen molar-refractivity contribution in [1.82, 2.24) is 4.90 Å². The first-order chi connectivity index (χ1) is 10.0. The lowest BCUT2D eigenvalue weighted by Crippen LogP contribution is -2.45. The van der Waals surface area contributed by atoms with E-state index in [1.54, 1.807) is 41.7 Å². The average Bonchev–Trinajstić information content (AvgIpc) is 2.71. The Balaban J connectivity index is 2.40. The Hall–Kier alpha value is -1.47. The van der Waals surface area contributed by atoms with Gasteiger partial charge >= 0.3 is 6.09 Å². The summed E-state index contributed by atoms with van der Waals surface area (Å²) in [4.78, 5) is 13.3. The van der Waals surface area contributed by atoms with E-state index in [0.717, 1.165) is 0 Å². The molecule has 128 valence electrons. The third-order valence-electron chi connectivity index (χ3n) is 2.85. The Bertz CT molecular complexity index is 413. The molecule has 1 atom stereocenters. The maximum absolute atomic E-state index is 11.9. The quantitative estimate of drug-likeness (QED) is 0.805. The first-order valence-corrected chi connectivity index (χ1v) is 7.24. The fourth-order valence-electron chi connectivity index (χ4n) is 1.70. The summed E-state index contributed by atoms with van der Waals surface area (Å²) in [7, 11) is 1.57. The lowest BCUT2D eigenvalue weighted by atomic mass is 10.2. The van der Waals surface area contributed by atoms with Crippen LogP contribution in [0.25, 0.3) is 0 Å². The number of nitrogens with zero attached hydrogens (tertiary/aromatic N) is 1. The van der Waals surface area contributed by atoms with E-state index in [9.17, 15) is 9.90 Å². The maximum atomic E-state index is 11.9. The minimum Gasteiger partial charge on any atom is -0.457 e. The molecule has 0 aliphatic carbocycles. The van der Waals surface area contributed by atoms with Gasteiger partial charge in [0.1, 0.15) is 18.5 Å². The Morgan fingerprint density at radius 3 is 2.55 bits per heavy atom. The molecule has 7 heteroatoms. The Morgan fingerprint density at radius 1 is 1.45 bits per heavy atom. The van der Waals surface area contributed by atoms with E-state index in [1.165, 1.54) is 11.2 Å². The fraction of sp³-hybridized carbons (Fsp3) is 0.800. The monoisotopic (exact) mass is 317 g/mol. The third-order valence-corrected chi connectivity index (χ3v) is 2.85. The van der Waals surface area contributed by atoms with Crippen LogP contribution in [0.3, 0.4) is 0 Å². The van der Waals surface area contributed by atoms with Crippen LogP contribution in [-0.4, -0.2) is 60.4 Å². The molecule has 0 spiro atoms. The van der Waals surface area contributed by atoms with Gasteiger partial charge in [-0.3, -0.25) is 0 Å². The van der Waals surface area contributed by atoms with E-state index in [-0.39, 0.29) is 19.8 Å². The molecule has 0 fully saturated rings. The zero-order valence-corrected chi connectivity index (χ0v) is 14.2. The van der Waals surface area contributed by atoms with Gasteiger partial charge in [0.15, 0.2) is 5.76 Å². The topological polar surface area (TPSA) is 77.5 Å². The first-order valence-electron chi connectivity index (χ1n) is 7.24. The van der Waals surface area contributed by atoms with Gasteiger partial charge in [-0.1, -0.05) is 0 Å². The SMILES string of the molecule is CN(C(=O)OC(C)(C)C)C(CO)COCC1=COC(C)(C)O1. The van der Waals surface area contributed by atoms with Crippen molar-refractivity contribution in [2.75, 3.05) is 26.9 Å². The predicted molar refractivity (Wildman–Crippen MR) is 80.0 cm³/mol. The summed E-state index contributed by atoms with van der Waals surface area (Å²) in [6.07, 6.45) is 1.00. The summed E-state index contributed by atoms with van der Waals surface area (Å²) < 4.78 is 21.5. The number of hydrogen-bond acceptors (Lipinski definition) is 6. The summed E-state index contributed by atoms with van der Waals surface area (Å²) in [5.74, 6) is -0.107. The van der Waals surface area contributed by atoms with Crippen molar-refractivity contribution in [2.24, 2.45) is 0 Å². The number of aliphatic hydroxyl groups is 1. The van der Waals surface area contributed by atoms with Gasteiger partial charge in [0.05, 0.1) is 19.3 Å². The lowest BCUT2D eigenvalue weighted by Gasteiger charge is -2.29. The van der Waals surface area contributed by atoms with Crippen molar-refractivity contribution in [1.29, 1.82) is 0 Å². The summed E-state index contributed by atoms with van der Waals surface area (Å²) >= 11 is 0. The van der Waals surface area contributed by atoms with Crippen molar-refractivity contribution in [2.45, 2.75) is 52.0 Å². The fourth-order valence-corrected chi connectivity index (χ4v) is 1.70. The predicted octanol–water partition coefficient (Wildman–Crippen LogP) is 1.86.